The number of aryl methyl sites for hydroxylation is 1. The van der Waals surface area contributed by atoms with Gasteiger partial charge in [-0.1, -0.05) is 0 Å². The van der Waals surface area contributed by atoms with Gasteiger partial charge in [0.1, 0.15) is 0 Å². The van der Waals surface area contributed by atoms with Crippen LogP contribution in [0.2, 0.25) is 0 Å². The monoisotopic (exact) mass is 239 g/mol. The van der Waals surface area contributed by atoms with Crippen LogP contribution in [-0.2, 0) is 6.42 Å². The first kappa shape index (κ1) is 10.4. The van der Waals surface area contributed by atoms with Gasteiger partial charge in [-0.2, -0.15) is 0 Å². The molecule has 0 radical (unpaired) electrons. The van der Waals surface area contributed by atoms with Crippen molar-refractivity contribution in [2.45, 2.75) is 25.7 Å². The van der Waals surface area contributed by atoms with Crippen LogP contribution >= 0.6 is 0 Å². The maximum Gasteiger partial charge on any atom is 0.0892 e. The van der Waals surface area contributed by atoms with Gasteiger partial charge in [0.15, 0.2) is 0 Å². The van der Waals surface area contributed by atoms with Gasteiger partial charge in [0, 0.05) is 12.7 Å². The number of benzene rings is 1. The van der Waals surface area contributed by atoms with Crippen molar-refractivity contribution in [3.63, 3.8) is 0 Å². The number of hydrogen-bond acceptors (Lipinski definition) is 3. The third-order valence-electron chi connectivity index (χ3n) is 4.31. The lowest BCUT2D eigenvalue weighted by molar-refractivity contribution is 0.318. The highest BCUT2D eigenvalue weighted by Gasteiger charge is 2.30. The zero-order chi connectivity index (χ0) is 12.1. The van der Waals surface area contributed by atoms with Crippen molar-refractivity contribution in [3.8, 4) is 0 Å². The second-order valence-corrected chi connectivity index (χ2v) is 5.71. The molecule has 1 aliphatic heterocycles. The van der Waals surface area contributed by atoms with Crippen LogP contribution < -0.4 is 5.32 Å². The summed E-state index contributed by atoms with van der Waals surface area (Å²) in [4.78, 5) is 9.11. The predicted octanol–water partition coefficient (Wildman–Crippen LogP) is 2.19. The molecule has 1 aliphatic carbocycles. The molecule has 1 N–H and O–H groups in total. The number of rotatable bonds is 0. The summed E-state index contributed by atoms with van der Waals surface area (Å²) in [7, 11) is 0. The molecular weight excluding hydrogens is 222 g/mol. The van der Waals surface area contributed by atoms with Gasteiger partial charge < -0.3 is 5.32 Å². The second kappa shape index (κ2) is 3.75. The Morgan fingerprint density at radius 2 is 2.17 bits per heavy atom. The third kappa shape index (κ3) is 1.54. The van der Waals surface area contributed by atoms with E-state index in [9.17, 15) is 0 Å². The summed E-state index contributed by atoms with van der Waals surface area (Å²) in [6.45, 7) is 4.30. The lowest BCUT2D eigenvalue weighted by Gasteiger charge is -2.36. The highest BCUT2D eigenvalue weighted by molar-refractivity contribution is 5.76. The first-order chi connectivity index (χ1) is 8.79. The first-order valence-corrected chi connectivity index (χ1v) is 6.76. The number of nitrogens with one attached hydrogen (secondary N) is 1. The van der Waals surface area contributed by atoms with Crippen LogP contribution in [0.3, 0.4) is 0 Å². The normalized spacial score (nSPS) is 26.1. The number of piperidine rings is 1. The summed E-state index contributed by atoms with van der Waals surface area (Å²) in [5, 5.41) is 3.55. The van der Waals surface area contributed by atoms with Crippen LogP contribution in [0.1, 0.15) is 29.2 Å². The highest BCUT2D eigenvalue weighted by Crippen LogP contribution is 2.38. The van der Waals surface area contributed by atoms with Crippen molar-refractivity contribution in [1.82, 2.24) is 15.3 Å². The van der Waals surface area contributed by atoms with E-state index in [1.807, 2.05) is 13.1 Å². The smallest absolute Gasteiger partial charge is 0.0892 e. The van der Waals surface area contributed by atoms with E-state index < -0.39 is 0 Å². The Labute approximate surface area is 107 Å². The Hall–Kier alpha value is -1.48. The standard InChI is InChI=1S/C15H17N3/c1-9-6-17-14-5-13-11(4-15(14)18-9)2-10-3-12(13)8-16-7-10/h4-6,10,12,16H,2-3,7-8H2,1H3. The zero-order valence-electron chi connectivity index (χ0n) is 10.6. The van der Waals surface area contributed by atoms with E-state index in [-0.39, 0.29) is 0 Å². The van der Waals surface area contributed by atoms with Crippen LogP contribution in [0.4, 0.5) is 0 Å². The van der Waals surface area contributed by atoms with Crippen molar-refractivity contribution < 1.29 is 0 Å². The molecule has 2 aromatic rings. The molecule has 4 rings (SSSR count). The quantitative estimate of drug-likeness (QED) is 0.765. The minimum Gasteiger partial charge on any atom is -0.316 e. The first-order valence-electron chi connectivity index (χ1n) is 6.76. The van der Waals surface area contributed by atoms with E-state index >= 15 is 0 Å². The fourth-order valence-electron chi connectivity index (χ4n) is 3.50. The molecule has 3 heteroatoms. The third-order valence-corrected chi connectivity index (χ3v) is 4.31. The van der Waals surface area contributed by atoms with Crippen molar-refractivity contribution in [2.24, 2.45) is 5.92 Å². The van der Waals surface area contributed by atoms with E-state index in [0.29, 0.717) is 5.92 Å². The SMILES string of the molecule is Cc1cnc2cc3c(cc2n1)CC1CNCC3C1. The van der Waals surface area contributed by atoms with E-state index in [4.69, 9.17) is 0 Å². The molecule has 3 nitrogen and oxygen atoms in total. The van der Waals surface area contributed by atoms with E-state index in [1.54, 1.807) is 0 Å². The molecule has 2 unspecified atom stereocenters. The summed E-state index contributed by atoms with van der Waals surface area (Å²) in [6.07, 6.45) is 4.40. The van der Waals surface area contributed by atoms with Crippen molar-refractivity contribution >= 4 is 11.0 Å². The molecule has 0 saturated carbocycles. The average Bonchev–Trinajstić information content (AvgIpc) is 2.37. The molecule has 2 atom stereocenters. The van der Waals surface area contributed by atoms with Gasteiger partial charge in [-0.15, -0.1) is 0 Å². The molecule has 1 aromatic heterocycles. The molecule has 0 spiro atoms. The fourth-order valence-corrected chi connectivity index (χ4v) is 3.50. The lowest BCUT2D eigenvalue weighted by atomic mass is 9.74. The van der Waals surface area contributed by atoms with Crippen molar-refractivity contribution in [2.75, 3.05) is 13.1 Å². The maximum atomic E-state index is 4.60. The summed E-state index contributed by atoms with van der Waals surface area (Å²) in [6, 6.07) is 4.54. The number of fused-ring (bicyclic) bond motifs is 5. The molecule has 1 aromatic carbocycles. The molecule has 92 valence electrons. The molecule has 1 saturated heterocycles. The van der Waals surface area contributed by atoms with Crippen molar-refractivity contribution in [3.05, 3.63) is 35.2 Å². The topological polar surface area (TPSA) is 37.8 Å². The van der Waals surface area contributed by atoms with Gasteiger partial charge in [0.2, 0.25) is 0 Å². The van der Waals surface area contributed by atoms with Crippen LogP contribution in [-0.4, -0.2) is 23.1 Å². The molecule has 1 fully saturated rings. The van der Waals surface area contributed by atoms with E-state index in [0.717, 1.165) is 29.2 Å². The Balaban J connectivity index is 1.92. The maximum absolute atomic E-state index is 4.60. The summed E-state index contributed by atoms with van der Waals surface area (Å²) < 4.78 is 0. The number of aromatic nitrogens is 2. The second-order valence-electron chi connectivity index (χ2n) is 5.71. The molecule has 18 heavy (non-hydrogen) atoms. The fraction of sp³-hybridized carbons (Fsp3) is 0.467. The van der Waals surface area contributed by atoms with E-state index in [2.05, 4.69) is 27.4 Å². The minimum absolute atomic E-state index is 0.681. The minimum atomic E-state index is 0.681. The summed E-state index contributed by atoms with van der Waals surface area (Å²) >= 11 is 0. The Bertz CT molecular complexity index is 620. The zero-order valence-corrected chi connectivity index (χ0v) is 10.6. The van der Waals surface area contributed by atoms with Crippen LogP contribution in [0.15, 0.2) is 18.3 Å². The molecular formula is C15H17N3. The van der Waals surface area contributed by atoms with Gasteiger partial charge in [-0.25, -0.2) is 4.98 Å². The molecule has 2 heterocycles. The lowest BCUT2D eigenvalue weighted by Crippen LogP contribution is -2.39. The van der Waals surface area contributed by atoms with E-state index in [1.165, 1.54) is 30.5 Å². The summed E-state index contributed by atoms with van der Waals surface area (Å²) in [5.41, 5.74) is 6.11. The summed E-state index contributed by atoms with van der Waals surface area (Å²) in [5.74, 6) is 1.49. The van der Waals surface area contributed by atoms with Gasteiger partial charge in [0.25, 0.3) is 0 Å². The Morgan fingerprint density at radius 1 is 1.22 bits per heavy atom. The molecule has 2 bridgehead atoms. The Kier molecular flexibility index (Phi) is 2.18. The van der Waals surface area contributed by atoms with Gasteiger partial charge in [-0.05, 0) is 61.4 Å². The van der Waals surface area contributed by atoms with Crippen molar-refractivity contribution in [1.29, 1.82) is 0 Å². The molecule has 0 amide bonds. The van der Waals surface area contributed by atoms with Crippen LogP contribution in [0.5, 0.6) is 0 Å². The van der Waals surface area contributed by atoms with Crippen LogP contribution in [0, 0.1) is 12.8 Å². The largest absolute Gasteiger partial charge is 0.316 e. The highest BCUT2D eigenvalue weighted by atomic mass is 14.9. The van der Waals surface area contributed by atoms with Crippen LogP contribution in [0.25, 0.3) is 11.0 Å². The number of hydrogen-bond donors (Lipinski definition) is 1. The Morgan fingerprint density at radius 3 is 3.11 bits per heavy atom. The molecule has 2 aliphatic rings. The van der Waals surface area contributed by atoms with Gasteiger partial charge in [-0.3, -0.25) is 4.98 Å². The van der Waals surface area contributed by atoms with Gasteiger partial charge >= 0.3 is 0 Å². The predicted molar refractivity (Wildman–Crippen MR) is 71.7 cm³/mol. The average molecular weight is 239 g/mol. The number of nitrogens with zero attached hydrogens (tertiary/aromatic N) is 2. The van der Waals surface area contributed by atoms with Gasteiger partial charge in [0.05, 0.1) is 16.7 Å².